The van der Waals surface area contributed by atoms with Gasteiger partial charge in [-0.3, -0.25) is 0 Å². The van der Waals surface area contributed by atoms with E-state index in [2.05, 4.69) is 0 Å². The molecule has 0 spiro atoms. The van der Waals surface area contributed by atoms with Crippen molar-refractivity contribution < 1.29 is 46.2 Å². The van der Waals surface area contributed by atoms with Gasteiger partial charge in [-0.25, -0.2) is 0 Å². The van der Waals surface area contributed by atoms with Gasteiger partial charge in [0.1, 0.15) is 0 Å². The summed E-state index contributed by atoms with van der Waals surface area (Å²) in [5.41, 5.74) is 0. The van der Waals surface area contributed by atoms with Gasteiger partial charge in [-0.1, -0.05) is 0 Å². The molecule has 0 atom stereocenters. The van der Waals surface area contributed by atoms with Gasteiger partial charge in [0.25, 0.3) is 0 Å². The molecule has 0 heterocycles. The summed E-state index contributed by atoms with van der Waals surface area (Å²) in [7, 11) is 0. The maximum atomic E-state index is 8.39. The third kappa shape index (κ3) is 8.83. The van der Waals surface area contributed by atoms with E-state index in [0.717, 1.165) is 0 Å². The van der Waals surface area contributed by atoms with Crippen LogP contribution in [0.2, 0.25) is 0 Å². The number of rotatable bonds is 0. The molecule has 2 nitrogen and oxygen atoms in total. The summed E-state index contributed by atoms with van der Waals surface area (Å²) < 4.78 is 8.39. The zero-order valence-corrected chi connectivity index (χ0v) is 11.8. The zero-order valence-electron chi connectivity index (χ0n) is 2.36. The molecule has 0 bridgehead atoms. The summed E-state index contributed by atoms with van der Waals surface area (Å²) in [5.74, 6) is 0. The molecule has 0 aromatic heterocycles. The number of hydrogen-bond acceptors (Lipinski definition) is 2. The maximum absolute atomic E-state index is 8.39. The van der Waals surface area contributed by atoms with Gasteiger partial charge in [-0.05, 0) is 0 Å². The molecule has 0 unspecified atom stereocenters. The van der Waals surface area contributed by atoms with E-state index in [4.69, 9.17) is 0.938 Å². The monoisotopic (exact) mass is 312 g/mol. The number of hydrogen-bond donors (Lipinski definition) is 0. The third-order valence-electron chi connectivity index (χ3n) is 0. The van der Waals surface area contributed by atoms with Crippen molar-refractivity contribution in [3.8, 4) is 0 Å². The van der Waals surface area contributed by atoms with Crippen LogP contribution in [0.25, 0.3) is 0 Å². The Labute approximate surface area is 92.3 Å². The molecule has 20 valence electrons. The van der Waals surface area contributed by atoms with Crippen molar-refractivity contribution in [3.63, 3.8) is 0 Å². The van der Waals surface area contributed by atoms with E-state index in [1.165, 1.54) is 0 Å². The second-order valence-electron chi connectivity index (χ2n) is 0. The second-order valence-corrected chi connectivity index (χ2v) is 0. The fourth-order valence-corrected chi connectivity index (χ4v) is 0. The molecule has 1 N–H and O–H groups in total. The van der Waals surface area contributed by atoms with Gasteiger partial charge in [0, 0.05) is 0 Å². The Kier molecular flexibility index (Phi) is 68.6. The molecule has 4 heteroatoms. The van der Waals surface area contributed by atoms with E-state index < -0.39 is 0 Å². The van der Waals surface area contributed by atoms with Crippen LogP contribution in [0.1, 0.15) is 0 Å². The van der Waals surface area contributed by atoms with Crippen LogP contribution in [-0.4, -0.2) is 54.4 Å². The quantitative estimate of drug-likeness (QED) is 0.542. The summed E-state index contributed by atoms with van der Waals surface area (Å²) in [6, 6.07) is 0. The fourth-order valence-electron chi connectivity index (χ4n) is 0. The van der Waals surface area contributed by atoms with E-state index in [1.807, 2.05) is 0 Å². The summed E-state index contributed by atoms with van der Waals surface area (Å²) >= 11 is 0.0556. The molecule has 0 aromatic rings. The average Bonchev–Trinajstić information content (AvgIpc) is 1.00. The summed E-state index contributed by atoms with van der Waals surface area (Å²) in [6.07, 6.45) is 0. The molecule has 0 aliphatic rings. The Balaban J connectivity index is -0.00000000500. The van der Waals surface area contributed by atoms with Crippen molar-refractivity contribution in [1.82, 2.24) is 0 Å². The first kappa shape index (κ1) is 15.9. The molecule has 0 fully saturated rings. The van der Waals surface area contributed by atoms with Crippen molar-refractivity contribution in [2.75, 3.05) is 0 Å². The molecule has 0 rings (SSSR count). The molecular weight excluding hydrogens is 309 g/mol. The van der Waals surface area contributed by atoms with Crippen LogP contribution in [0.15, 0.2) is 0 Å². The average molecular weight is 311 g/mol. The minimum atomic E-state index is 0. The van der Waals surface area contributed by atoms with Crippen molar-refractivity contribution >= 4 is 48.9 Å². The molecule has 4 heavy (non-hydrogen) atoms. The molecule has 0 saturated carbocycles. The predicted octanol–water partition coefficient (Wildman–Crippen LogP) is -0.944. The zero-order chi connectivity index (χ0) is 2.00. The van der Waals surface area contributed by atoms with Gasteiger partial charge >= 0.3 is 89.6 Å². The minimum absolute atomic E-state index is 0. The Bertz CT molecular complexity index is 6.00. The normalized spacial score (nSPS) is 0.750. The molecule has 0 saturated heterocycles. The van der Waals surface area contributed by atoms with Gasteiger partial charge in [0.05, 0.1) is 0 Å². The molecule has 0 aliphatic heterocycles. The van der Waals surface area contributed by atoms with Crippen LogP contribution < -0.4 is 0 Å². The van der Waals surface area contributed by atoms with Gasteiger partial charge < -0.3 is 5.48 Å². The van der Waals surface area contributed by atoms with E-state index in [9.17, 15) is 0 Å². The van der Waals surface area contributed by atoms with Crippen molar-refractivity contribution in [2.24, 2.45) is 0 Å². The van der Waals surface area contributed by atoms with Crippen LogP contribution in [0.3, 0.4) is 0 Å². The Morgan fingerprint density at radius 3 is 1.25 bits per heavy atom. The van der Waals surface area contributed by atoms with Crippen LogP contribution in [0.5, 0.6) is 0 Å². The first-order valence-electron chi connectivity index (χ1n) is 0.204. The van der Waals surface area contributed by atoms with Crippen LogP contribution in [0.4, 0.5) is 0 Å². The van der Waals surface area contributed by atoms with Crippen molar-refractivity contribution in [3.05, 3.63) is 0 Å². The SMILES string of the molecule is [BaH+].[OH-].[O]=[Ce]. The molecule has 0 amide bonds. The van der Waals surface area contributed by atoms with Gasteiger partial charge in [-0.2, -0.15) is 0 Å². The summed E-state index contributed by atoms with van der Waals surface area (Å²) in [5, 5.41) is 0. The predicted molar refractivity (Wildman–Crippen MR) is 9.77 cm³/mol. The van der Waals surface area contributed by atoms with Gasteiger partial charge in [-0.15, -0.1) is 0 Å². The topological polar surface area (TPSA) is 47.1 Å². The van der Waals surface area contributed by atoms with Crippen LogP contribution in [0, 0.1) is 39.8 Å². The molecule has 0 radical (unpaired) electrons. The summed E-state index contributed by atoms with van der Waals surface area (Å²) in [6.45, 7) is 0. The van der Waals surface area contributed by atoms with E-state index in [1.54, 1.807) is 0 Å². The van der Waals surface area contributed by atoms with E-state index in [0.29, 0.717) is 0 Å². The standard InChI is InChI=1S/Ba.Ce.H2O.O.H/h;;1H2;;/q+1;;;;/p-1. The summed E-state index contributed by atoms with van der Waals surface area (Å²) in [4.78, 5) is 0. The Morgan fingerprint density at radius 1 is 1.25 bits per heavy atom. The van der Waals surface area contributed by atoms with E-state index >= 15 is 0 Å². The van der Waals surface area contributed by atoms with Crippen LogP contribution >= 0.6 is 0 Å². The first-order valence-corrected chi connectivity index (χ1v) is 1.49. The Morgan fingerprint density at radius 2 is 1.25 bits per heavy atom. The molecular formula is H2BaCeO2. The van der Waals surface area contributed by atoms with Gasteiger partial charge in [0.15, 0.2) is 0 Å². The Hall–Kier alpha value is 2.71. The molecule has 0 aliphatic carbocycles. The van der Waals surface area contributed by atoms with Gasteiger partial charge in [0.2, 0.25) is 0 Å². The fraction of sp³-hybridized carbons (Fsp3) is 0. The van der Waals surface area contributed by atoms with E-state index in [-0.39, 0.29) is 94.1 Å². The third-order valence-corrected chi connectivity index (χ3v) is 0. The first-order chi connectivity index (χ1) is 1.00. The van der Waals surface area contributed by atoms with Crippen molar-refractivity contribution in [2.45, 2.75) is 0 Å². The van der Waals surface area contributed by atoms with Crippen molar-refractivity contribution in [1.29, 1.82) is 0 Å². The van der Waals surface area contributed by atoms with Crippen LogP contribution in [-0.2, 0) is 0.938 Å². The second kappa shape index (κ2) is 17.3. The molecule has 0 aromatic carbocycles.